The quantitative estimate of drug-likeness (QED) is 0.0873. The van der Waals surface area contributed by atoms with E-state index < -0.39 is 4.92 Å². The van der Waals surface area contributed by atoms with Crippen molar-refractivity contribution in [3.8, 4) is 10.4 Å². The van der Waals surface area contributed by atoms with E-state index in [-0.39, 0.29) is 34.9 Å². The van der Waals surface area contributed by atoms with Crippen LogP contribution in [0.1, 0.15) is 10.4 Å². The van der Waals surface area contributed by atoms with Gasteiger partial charge in [0.25, 0.3) is 11.2 Å². The van der Waals surface area contributed by atoms with Gasteiger partial charge in [-0.2, -0.15) is 0 Å². The first-order valence-corrected chi connectivity index (χ1v) is 11.8. The van der Waals surface area contributed by atoms with Crippen LogP contribution in [0.25, 0.3) is 20.7 Å². The first-order chi connectivity index (χ1) is 15.0. The lowest BCUT2D eigenvalue weighted by molar-refractivity contribution is -0.384. The molecule has 0 radical (unpaired) electrons. The Labute approximate surface area is 188 Å². The third-order valence-corrected chi connectivity index (χ3v) is 7.22. The van der Waals surface area contributed by atoms with E-state index in [0.717, 1.165) is 22.2 Å². The van der Waals surface area contributed by atoms with Gasteiger partial charge in [0.15, 0.2) is 10.9 Å². The van der Waals surface area contributed by atoms with Crippen LogP contribution in [0, 0.1) is 10.1 Å². The molecule has 0 aliphatic heterocycles. The van der Waals surface area contributed by atoms with Gasteiger partial charge in [-0.1, -0.05) is 36.0 Å². The van der Waals surface area contributed by atoms with E-state index in [2.05, 4.69) is 11.6 Å². The number of Topliss-reactive ketones (excluding diaryl/α,β-unsaturated/α-hetero) is 1. The highest BCUT2D eigenvalue weighted by Gasteiger charge is 2.19. The average Bonchev–Trinajstić information content (AvgIpc) is 3.44. The Morgan fingerprint density at radius 3 is 2.84 bits per heavy atom. The van der Waals surface area contributed by atoms with Crippen LogP contribution >= 0.6 is 34.4 Å². The molecule has 0 saturated heterocycles. The second kappa shape index (κ2) is 8.96. The molecular weight excluding hydrogens is 454 g/mol. The molecule has 31 heavy (non-hydrogen) atoms. The summed E-state index contributed by atoms with van der Waals surface area (Å²) in [5.74, 6) is -0.280. The van der Waals surface area contributed by atoms with Crippen molar-refractivity contribution >= 4 is 56.1 Å². The molecule has 3 aromatic heterocycles. The number of fused-ring (bicyclic) bond motifs is 1. The maximum atomic E-state index is 13.3. The van der Waals surface area contributed by atoms with Crippen LogP contribution in [0.2, 0.25) is 0 Å². The number of hydrogen-bond acceptors (Lipinski definition) is 8. The van der Waals surface area contributed by atoms with E-state index in [9.17, 15) is 19.7 Å². The van der Waals surface area contributed by atoms with E-state index in [1.165, 1.54) is 40.2 Å². The summed E-state index contributed by atoms with van der Waals surface area (Å²) in [5.41, 5.74) is 0.782. The van der Waals surface area contributed by atoms with Crippen LogP contribution in [0.4, 0.5) is 5.69 Å². The highest BCUT2D eigenvalue weighted by Crippen LogP contribution is 2.34. The molecule has 4 aromatic rings. The lowest BCUT2D eigenvalue weighted by Crippen LogP contribution is -2.23. The number of rotatable bonds is 8. The summed E-state index contributed by atoms with van der Waals surface area (Å²) < 4.78 is 1.50. The van der Waals surface area contributed by atoms with Gasteiger partial charge in [0.2, 0.25) is 0 Å². The van der Waals surface area contributed by atoms with E-state index in [1.807, 2.05) is 22.9 Å². The fourth-order valence-electron chi connectivity index (χ4n) is 3.03. The van der Waals surface area contributed by atoms with Crippen LogP contribution in [0.5, 0.6) is 0 Å². The smallest absolute Gasteiger partial charge is 0.270 e. The molecule has 156 valence electrons. The molecule has 0 amide bonds. The molecule has 0 aliphatic carbocycles. The Morgan fingerprint density at radius 1 is 1.29 bits per heavy atom. The maximum absolute atomic E-state index is 13.3. The summed E-state index contributed by atoms with van der Waals surface area (Å²) in [6.07, 6.45) is 1.61. The molecule has 3 heterocycles. The fraction of sp³-hybridized carbons (Fsp3) is 0.0952. The Kier molecular flexibility index (Phi) is 6.12. The second-order valence-corrected chi connectivity index (χ2v) is 9.17. The minimum atomic E-state index is -0.539. The van der Waals surface area contributed by atoms with Crippen LogP contribution < -0.4 is 5.56 Å². The number of thioether (sulfide) groups is 1. The fourth-order valence-corrected chi connectivity index (χ4v) is 5.73. The monoisotopic (exact) mass is 469 g/mol. The standard InChI is InChI=1S/C21H15N3O4S3/c1-2-8-23-20(26)18-15(17-7-4-9-29-17)11-30-19(18)22-21(23)31-12-16(25)13-5-3-6-14(10-13)24(27)28/h2-7,9-11H,1,8,12H2. The van der Waals surface area contributed by atoms with Gasteiger partial charge in [0, 0.05) is 40.1 Å². The molecule has 1 aromatic carbocycles. The lowest BCUT2D eigenvalue weighted by atomic mass is 10.1. The van der Waals surface area contributed by atoms with Crippen LogP contribution in [-0.4, -0.2) is 26.0 Å². The van der Waals surface area contributed by atoms with Crippen LogP contribution in [-0.2, 0) is 6.54 Å². The Morgan fingerprint density at radius 2 is 2.13 bits per heavy atom. The number of carbonyl (C=O) groups is 1. The van der Waals surface area contributed by atoms with Crippen molar-refractivity contribution in [3.05, 3.63) is 85.8 Å². The number of nitrogens with zero attached hydrogens (tertiary/aromatic N) is 3. The van der Waals surface area contributed by atoms with Crippen molar-refractivity contribution in [2.75, 3.05) is 5.75 Å². The van der Waals surface area contributed by atoms with Gasteiger partial charge >= 0.3 is 0 Å². The molecule has 0 spiro atoms. The van der Waals surface area contributed by atoms with Crippen molar-refractivity contribution in [1.82, 2.24) is 9.55 Å². The minimum Gasteiger partial charge on any atom is -0.293 e. The van der Waals surface area contributed by atoms with E-state index >= 15 is 0 Å². The molecule has 0 aliphatic rings. The molecular formula is C21H15N3O4S3. The van der Waals surface area contributed by atoms with E-state index in [0.29, 0.717) is 15.4 Å². The van der Waals surface area contributed by atoms with Crippen molar-refractivity contribution in [2.24, 2.45) is 0 Å². The summed E-state index contributed by atoms with van der Waals surface area (Å²) >= 11 is 4.08. The first-order valence-electron chi connectivity index (χ1n) is 9.07. The highest BCUT2D eigenvalue weighted by molar-refractivity contribution is 7.99. The largest absolute Gasteiger partial charge is 0.293 e. The summed E-state index contributed by atoms with van der Waals surface area (Å²) in [5, 5.41) is 15.8. The Hall–Kier alpha value is -3.08. The number of hydrogen-bond donors (Lipinski definition) is 0. The van der Waals surface area contributed by atoms with E-state index in [4.69, 9.17) is 0 Å². The number of allylic oxidation sites excluding steroid dienone is 1. The van der Waals surface area contributed by atoms with Gasteiger partial charge in [-0.15, -0.1) is 29.3 Å². The van der Waals surface area contributed by atoms with Gasteiger partial charge in [0.1, 0.15) is 4.83 Å². The Bertz CT molecular complexity index is 1360. The third-order valence-electron chi connectivity index (χ3n) is 4.47. The van der Waals surface area contributed by atoms with Crippen LogP contribution in [0.3, 0.4) is 0 Å². The van der Waals surface area contributed by atoms with Crippen molar-refractivity contribution in [3.63, 3.8) is 0 Å². The molecule has 0 fully saturated rings. The number of aromatic nitrogens is 2. The maximum Gasteiger partial charge on any atom is 0.270 e. The molecule has 7 nitrogen and oxygen atoms in total. The first kappa shape index (κ1) is 21.2. The third kappa shape index (κ3) is 4.22. The van der Waals surface area contributed by atoms with Gasteiger partial charge in [-0.3, -0.25) is 24.3 Å². The SMILES string of the molecule is C=CCn1c(SCC(=O)c2cccc([N+](=O)[O-])c2)nc2scc(-c3cccs3)c2c1=O. The number of benzene rings is 1. The number of non-ortho nitro benzene ring substituents is 1. The Balaban J connectivity index is 1.67. The van der Waals surface area contributed by atoms with Gasteiger partial charge in [-0.05, 0) is 11.4 Å². The molecule has 10 heteroatoms. The summed E-state index contributed by atoms with van der Waals surface area (Å²) in [6, 6.07) is 9.50. The van der Waals surface area contributed by atoms with Crippen LogP contribution in [0.15, 0.2) is 69.8 Å². The summed E-state index contributed by atoms with van der Waals surface area (Å²) in [6.45, 7) is 3.98. The second-order valence-electron chi connectivity index (χ2n) is 6.42. The summed E-state index contributed by atoms with van der Waals surface area (Å²) in [7, 11) is 0. The number of nitro benzene ring substituents is 1. The average molecular weight is 470 g/mol. The zero-order valence-corrected chi connectivity index (χ0v) is 18.5. The molecule has 0 bridgehead atoms. The molecule has 0 atom stereocenters. The normalized spacial score (nSPS) is 11.0. The molecule has 0 unspecified atom stereocenters. The lowest BCUT2D eigenvalue weighted by Gasteiger charge is -2.10. The van der Waals surface area contributed by atoms with Crippen molar-refractivity contribution in [1.29, 1.82) is 0 Å². The molecule has 4 rings (SSSR count). The predicted molar refractivity (Wildman–Crippen MR) is 126 cm³/mol. The van der Waals surface area contributed by atoms with Gasteiger partial charge < -0.3 is 0 Å². The van der Waals surface area contributed by atoms with Crippen molar-refractivity contribution in [2.45, 2.75) is 11.7 Å². The zero-order valence-electron chi connectivity index (χ0n) is 16.0. The summed E-state index contributed by atoms with van der Waals surface area (Å²) in [4.78, 5) is 42.5. The van der Waals surface area contributed by atoms with Crippen molar-refractivity contribution < 1.29 is 9.72 Å². The molecule has 0 saturated carbocycles. The topological polar surface area (TPSA) is 95.1 Å². The molecule has 0 N–H and O–H groups in total. The highest BCUT2D eigenvalue weighted by atomic mass is 32.2. The van der Waals surface area contributed by atoms with Gasteiger partial charge in [0.05, 0.1) is 16.1 Å². The predicted octanol–water partition coefficient (Wildman–Crippen LogP) is 5.26. The van der Waals surface area contributed by atoms with E-state index in [1.54, 1.807) is 17.4 Å². The number of carbonyl (C=O) groups excluding carboxylic acids is 1. The number of nitro groups is 1. The minimum absolute atomic E-state index is 0.000581. The zero-order chi connectivity index (χ0) is 22.0. The van der Waals surface area contributed by atoms with Gasteiger partial charge in [-0.25, -0.2) is 4.98 Å². The number of ketones is 1. The number of thiophene rings is 2.